The maximum absolute atomic E-state index is 13.6. The summed E-state index contributed by atoms with van der Waals surface area (Å²) in [4.78, 5) is 22.5. The third kappa shape index (κ3) is 3.74. The number of pyridine rings is 2. The number of hydrogen-bond acceptors (Lipinski definition) is 3. The molecule has 1 unspecified atom stereocenters. The van der Waals surface area contributed by atoms with Gasteiger partial charge in [-0.2, -0.15) is 0 Å². The minimum atomic E-state index is -0.0887. The van der Waals surface area contributed by atoms with Crippen molar-refractivity contribution in [3.8, 4) is 11.1 Å². The summed E-state index contributed by atoms with van der Waals surface area (Å²) < 4.78 is 0. The van der Waals surface area contributed by atoms with Crippen LogP contribution in [0.15, 0.2) is 79.1 Å². The van der Waals surface area contributed by atoms with Crippen molar-refractivity contribution in [2.75, 3.05) is 0 Å². The molecule has 2 aromatic carbocycles. The minimum Gasteiger partial charge on any atom is -0.345 e. The second kappa shape index (κ2) is 8.23. The highest BCUT2D eigenvalue weighted by atomic mass is 16.1. The van der Waals surface area contributed by atoms with Gasteiger partial charge in [-0.15, -0.1) is 0 Å². The van der Waals surface area contributed by atoms with Crippen LogP contribution in [0.1, 0.15) is 41.0 Å². The topological polar surface area (TPSA) is 54.9 Å². The number of nitrogens with zero attached hydrogens (tertiary/aromatic N) is 2. The maximum Gasteiger partial charge on any atom is 0.253 e. The van der Waals surface area contributed by atoms with Crippen molar-refractivity contribution in [1.29, 1.82) is 0 Å². The first-order valence-electron chi connectivity index (χ1n) is 9.84. The highest BCUT2D eigenvalue weighted by Crippen LogP contribution is 2.32. The van der Waals surface area contributed by atoms with Crippen LogP contribution in [0, 0.1) is 6.92 Å². The van der Waals surface area contributed by atoms with E-state index in [9.17, 15) is 4.79 Å². The molecule has 0 fully saturated rings. The van der Waals surface area contributed by atoms with E-state index in [0.29, 0.717) is 5.56 Å². The predicted molar refractivity (Wildman–Crippen MR) is 117 cm³/mol. The van der Waals surface area contributed by atoms with Gasteiger partial charge in [0.25, 0.3) is 5.91 Å². The molecule has 0 spiro atoms. The van der Waals surface area contributed by atoms with Gasteiger partial charge in [-0.05, 0) is 42.7 Å². The lowest BCUT2D eigenvalue weighted by molar-refractivity contribution is 0.0937. The fourth-order valence-electron chi connectivity index (χ4n) is 3.78. The molecule has 0 aliphatic rings. The van der Waals surface area contributed by atoms with E-state index in [1.807, 2.05) is 73.7 Å². The summed E-state index contributed by atoms with van der Waals surface area (Å²) in [6.07, 6.45) is 4.29. The number of carbonyl (C=O) groups is 1. The zero-order chi connectivity index (χ0) is 20.2. The molecule has 1 amide bonds. The number of fused-ring (bicyclic) bond motifs is 1. The maximum atomic E-state index is 13.6. The Hall–Kier alpha value is -3.53. The zero-order valence-corrected chi connectivity index (χ0v) is 16.6. The zero-order valence-electron chi connectivity index (χ0n) is 16.6. The van der Waals surface area contributed by atoms with E-state index < -0.39 is 0 Å². The van der Waals surface area contributed by atoms with Crippen LogP contribution in [0.4, 0.5) is 0 Å². The van der Waals surface area contributed by atoms with Crippen LogP contribution in [0.3, 0.4) is 0 Å². The molecule has 2 heterocycles. The quantitative estimate of drug-likeness (QED) is 0.497. The van der Waals surface area contributed by atoms with Gasteiger partial charge in [0.05, 0.1) is 17.1 Å². The predicted octanol–water partition coefficient (Wildman–Crippen LogP) is 5.49. The summed E-state index contributed by atoms with van der Waals surface area (Å²) in [5.74, 6) is -0.0887. The summed E-state index contributed by atoms with van der Waals surface area (Å²) in [6, 6.07) is 21.7. The molecule has 4 aromatic rings. The van der Waals surface area contributed by atoms with Gasteiger partial charge in [0.1, 0.15) is 0 Å². The van der Waals surface area contributed by atoms with E-state index in [0.717, 1.165) is 39.7 Å². The van der Waals surface area contributed by atoms with Crippen LogP contribution in [0.25, 0.3) is 22.0 Å². The summed E-state index contributed by atoms with van der Waals surface area (Å²) >= 11 is 0. The number of carbonyl (C=O) groups excluding carboxylic acids is 1. The second-order valence-electron chi connectivity index (χ2n) is 7.05. The van der Waals surface area contributed by atoms with Gasteiger partial charge in [0.2, 0.25) is 0 Å². The third-order valence-electron chi connectivity index (χ3n) is 5.18. The molecule has 4 rings (SSSR count). The van der Waals surface area contributed by atoms with Gasteiger partial charge in [-0.25, -0.2) is 0 Å². The van der Waals surface area contributed by atoms with Crippen LogP contribution in [-0.2, 0) is 0 Å². The number of rotatable bonds is 5. The number of aryl methyl sites for hydroxylation is 1. The Balaban J connectivity index is 1.86. The molecule has 2 aromatic heterocycles. The summed E-state index contributed by atoms with van der Waals surface area (Å²) in [6.45, 7) is 4.03. The monoisotopic (exact) mass is 381 g/mol. The van der Waals surface area contributed by atoms with E-state index >= 15 is 0 Å². The number of benzene rings is 2. The van der Waals surface area contributed by atoms with E-state index in [1.165, 1.54) is 0 Å². The SMILES string of the molecule is CCC(NC(=O)c1c(-c2ccncc2)c(C)nc2ccccc12)c1ccccc1. The summed E-state index contributed by atoms with van der Waals surface area (Å²) in [7, 11) is 0. The molecule has 0 bridgehead atoms. The van der Waals surface area contributed by atoms with Crippen LogP contribution >= 0.6 is 0 Å². The van der Waals surface area contributed by atoms with Crippen LogP contribution < -0.4 is 5.32 Å². The minimum absolute atomic E-state index is 0.0544. The van der Waals surface area contributed by atoms with E-state index in [-0.39, 0.29) is 11.9 Å². The van der Waals surface area contributed by atoms with Crippen molar-refractivity contribution < 1.29 is 4.79 Å². The number of hydrogen-bond donors (Lipinski definition) is 1. The first kappa shape index (κ1) is 18.8. The molecule has 0 aliphatic heterocycles. The van der Waals surface area contributed by atoms with Crippen molar-refractivity contribution >= 4 is 16.8 Å². The van der Waals surface area contributed by atoms with Crippen LogP contribution in [-0.4, -0.2) is 15.9 Å². The molecule has 0 saturated carbocycles. The molecule has 1 atom stereocenters. The second-order valence-corrected chi connectivity index (χ2v) is 7.05. The Kier molecular flexibility index (Phi) is 5.34. The Morgan fingerprint density at radius 2 is 1.66 bits per heavy atom. The van der Waals surface area contributed by atoms with Gasteiger partial charge >= 0.3 is 0 Å². The smallest absolute Gasteiger partial charge is 0.253 e. The largest absolute Gasteiger partial charge is 0.345 e. The average molecular weight is 381 g/mol. The fraction of sp³-hybridized carbons (Fsp3) is 0.160. The standard InChI is InChI=1S/C25H23N3O/c1-3-21(18-9-5-4-6-10-18)28-25(29)24-20-11-7-8-12-22(20)27-17(2)23(24)19-13-15-26-16-14-19/h4-16,21H,3H2,1-2H3,(H,28,29). The van der Waals surface area contributed by atoms with Crippen molar-refractivity contribution in [3.63, 3.8) is 0 Å². The molecular weight excluding hydrogens is 358 g/mol. The highest BCUT2D eigenvalue weighted by molar-refractivity contribution is 6.12. The average Bonchev–Trinajstić information content (AvgIpc) is 2.77. The van der Waals surface area contributed by atoms with Crippen molar-refractivity contribution in [2.24, 2.45) is 0 Å². The van der Waals surface area contributed by atoms with Gasteiger partial charge in [-0.1, -0.05) is 55.5 Å². The number of nitrogens with one attached hydrogen (secondary N) is 1. The molecular formula is C25H23N3O. The molecule has 4 nitrogen and oxygen atoms in total. The lowest BCUT2D eigenvalue weighted by Gasteiger charge is -2.20. The highest BCUT2D eigenvalue weighted by Gasteiger charge is 2.22. The lowest BCUT2D eigenvalue weighted by Crippen LogP contribution is -2.29. The fourth-order valence-corrected chi connectivity index (χ4v) is 3.78. The summed E-state index contributed by atoms with van der Waals surface area (Å²) in [5.41, 5.74) is 5.20. The van der Waals surface area contributed by atoms with Crippen LogP contribution in [0.2, 0.25) is 0 Å². The van der Waals surface area contributed by atoms with Gasteiger partial charge in [-0.3, -0.25) is 14.8 Å². The first-order valence-corrected chi connectivity index (χ1v) is 9.84. The number of amides is 1. The molecule has 4 heteroatoms. The number of para-hydroxylation sites is 1. The lowest BCUT2D eigenvalue weighted by atomic mass is 9.94. The van der Waals surface area contributed by atoms with Crippen LogP contribution in [0.5, 0.6) is 0 Å². The van der Waals surface area contributed by atoms with Gasteiger partial charge in [0.15, 0.2) is 0 Å². The molecule has 144 valence electrons. The van der Waals surface area contributed by atoms with Crippen molar-refractivity contribution in [1.82, 2.24) is 15.3 Å². The number of aromatic nitrogens is 2. The van der Waals surface area contributed by atoms with Crippen molar-refractivity contribution in [3.05, 3.63) is 95.9 Å². The third-order valence-corrected chi connectivity index (χ3v) is 5.18. The Morgan fingerprint density at radius 3 is 2.38 bits per heavy atom. The molecule has 1 N–H and O–H groups in total. The van der Waals surface area contributed by atoms with Crippen molar-refractivity contribution in [2.45, 2.75) is 26.3 Å². The summed E-state index contributed by atoms with van der Waals surface area (Å²) in [5, 5.41) is 4.10. The first-order chi connectivity index (χ1) is 14.2. The molecule has 0 aliphatic carbocycles. The normalized spacial score (nSPS) is 11.9. The van der Waals surface area contributed by atoms with E-state index in [4.69, 9.17) is 4.98 Å². The van der Waals surface area contributed by atoms with Gasteiger partial charge < -0.3 is 5.32 Å². The Bertz CT molecular complexity index is 1140. The Labute approximate surface area is 170 Å². The molecule has 29 heavy (non-hydrogen) atoms. The van der Waals surface area contributed by atoms with E-state index in [2.05, 4.69) is 17.2 Å². The molecule has 0 saturated heterocycles. The van der Waals surface area contributed by atoms with E-state index in [1.54, 1.807) is 12.4 Å². The van der Waals surface area contributed by atoms with Gasteiger partial charge in [0, 0.05) is 29.0 Å². The Morgan fingerprint density at radius 1 is 0.966 bits per heavy atom. The molecule has 0 radical (unpaired) electrons.